The normalized spacial score (nSPS) is 19.4. The number of carbonyl (C=O) groups excluding carboxylic acids is 2. The van der Waals surface area contributed by atoms with Crippen molar-refractivity contribution in [3.63, 3.8) is 0 Å². The average Bonchev–Trinajstić information content (AvgIpc) is 3.19. The second kappa shape index (κ2) is 12.0. The summed E-state index contributed by atoms with van der Waals surface area (Å²) in [6, 6.07) is 21.2. The van der Waals surface area contributed by atoms with Crippen LogP contribution in [-0.4, -0.2) is 32.8 Å². The molecule has 5 heteroatoms. The summed E-state index contributed by atoms with van der Waals surface area (Å²) in [6.07, 6.45) is 4.94. The number of ketones is 1. The molecule has 3 rings (SSSR count). The third-order valence-corrected chi connectivity index (χ3v) is 12.3. The van der Waals surface area contributed by atoms with Crippen molar-refractivity contribution in [2.45, 2.75) is 70.9 Å². The summed E-state index contributed by atoms with van der Waals surface area (Å²) in [7, 11) is -2.60. The molecule has 3 atom stereocenters. The van der Waals surface area contributed by atoms with Gasteiger partial charge in [0.15, 0.2) is 0 Å². The zero-order valence-electron chi connectivity index (χ0n) is 21.7. The molecule has 0 N–H and O–H groups in total. The van der Waals surface area contributed by atoms with Gasteiger partial charge in [-0.05, 0) is 41.1 Å². The van der Waals surface area contributed by atoms with E-state index in [1.54, 1.807) is 6.08 Å². The third-order valence-electron chi connectivity index (χ3n) is 7.24. The third kappa shape index (κ3) is 6.20. The van der Waals surface area contributed by atoms with Crippen molar-refractivity contribution in [1.29, 1.82) is 0 Å². The Kier molecular flexibility index (Phi) is 9.25. The molecule has 0 heterocycles. The number of Topliss-reactive ketones (excluding diaryl/α,β-unsaturated/α-hetero) is 1. The number of hydrogen-bond acceptors (Lipinski definition) is 4. The fourth-order valence-electron chi connectivity index (χ4n) is 5.71. The van der Waals surface area contributed by atoms with Crippen molar-refractivity contribution in [3.8, 4) is 0 Å². The molecule has 0 aromatic heterocycles. The van der Waals surface area contributed by atoms with Crippen LogP contribution in [0.2, 0.25) is 5.04 Å². The molecule has 1 unspecified atom stereocenters. The number of hydrogen-bond donors (Lipinski definition) is 0. The first kappa shape index (κ1) is 27.1. The summed E-state index contributed by atoms with van der Waals surface area (Å²) in [5, 5.41) is 2.42. The van der Waals surface area contributed by atoms with Gasteiger partial charge in [0, 0.05) is 31.8 Å². The van der Waals surface area contributed by atoms with E-state index in [-0.39, 0.29) is 34.7 Å². The molecule has 1 aliphatic carbocycles. The van der Waals surface area contributed by atoms with Crippen LogP contribution in [0.4, 0.5) is 0 Å². The molecule has 0 amide bonds. The molecule has 35 heavy (non-hydrogen) atoms. The van der Waals surface area contributed by atoms with E-state index < -0.39 is 8.32 Å². The van der Waals surface area contributed by atoms with Crippen molar-refractivity contribution < 1.29 is 18.8 Å². The van der Waals surface area contributed by atoms with E-state index in [0.717, 1.165) is 12.8 Å². The number of benzene rings is 2. The highest BCUT2D eigenvalue weighted by molar-refractivity contribution is 6.99. The molecule has 1 saturated carbocycles. The number of rotatable bonds is 11. The Morgan fingerprint density at radius 1 is 1.09 bits per heavy atom. The molecule has 1 fully saturated rings. The van der Waals surface area contributed by atoms with Gasteiger partial charge in [-0.15, -0.1) is 6.58 Å². The Balaban J connectivity index is 1.81. The second-order valence-electron chi connectivity index (χ2n) is 10.6. The summed E-state index contributed by atoms with van der Waals surface area (Å²) in [5.41, 5.74) is 0. The highest BCUT2D eigenvalue weighted by atomic mass is 28.4. The highest BCUT2D eigenvalue weighted by Gasteiger charge is 2.50. The van der Waals surface area contributed by atoms with Gasteiger partial charge in [0.2, 0.25) is 0 Å². The maximum atomic E-state index is 12.4. The van der Waals surface area contributed by atoms with E-state index >= 15 is 0 Å². The topological polar surface area (TPSA) is 52.6 Å². The minimum Gasteiger partial charge on any atom is -0.462 e. The van der Waals surface area contributed by atoms with Crippen LogP contribution in [-0.2, 0) is 18.8 Å². The maximum Gasteiger partial charge on any atom is 0.302 e. The second-order valence-corrected chi connectivity index (χ2v) is 14.9. The van der Waals surface area contributed by atoms with Crippen LogP contribution in [0.3, 0.4) is 0 Å². The largest absolute Gasteiger partial charge is 0.462 e. The van der Waals surface area contributed by atoms with Crippen molar-refractivity contribution in [2.24, 2.45) is 11.8 Å². The Hall–Kier alpha value is -2.50. The van der Waals surface area contributed by atoms with Gasteiger partial charge in [0.05, 0.1) is 0 Å². The number of ether oxygens (including phenoxy) is 1. The molecule has 0 saturated heterocycles. The van der Waals surface area contributed by atoms with Gasteiger partial charge in [0.25, 0.3) is 8.32 Å². The number of allylic oxidation sites excluding steroid dienone is 1. The van der Waals surface area contributed by atoms with Crippen molar-refractivity contribution in [3.05, 3.63) is 73.3 Å². The van der Waals surface area contributed by atoms with E-state index in [1.807, 2.05) is 12.1 Å². The average molecular weight is 493 g/mol. The molecule has 188 valence electrons. The van der Waals surface area contributed by atoms with E-state index in [9.17, 15) is 9.59 Å². The lowest BCUT2D eigenvalue weighted by atomic mass is 9.86. The zero-order valence-corrected chi connectivity index (χ0v) is 22.7. The molecule has 2 aromatic carbocycles. The molecule has 2 aromatic rings. The Morgan fingerprint density at radius 3 is 2.14 bits per heavy atom. The minimum absolute atomic E-state index is 0.0530. The van der Waals surface area contributed by atoms with Crippen molar-refractivity contribution >= 4 is 30.4 Å². The van der Waals surface area contributed by atoms with Gasteiger partial charge >= 0.3 is 5.97 Å². The molecule has 0 bridgehead atoms. The lowest BCUT2D eigenvalue weighted by molar-refractivity contribution is -0.151. The van der Waals surface area contributed by atoms with Crippen LogP contribution in [0.1, 0.15) is 59.8 Å². The Labute approximate surface area is 211 Å². The number of carbonyl (C=O) groups is 2. The highest BCUT2D eigenvalue weighted by Crippen LogP contribution is 2.38. The minimum atomic E-state index is -2.60. The first-order valence-corrected chi connectivity index (χ1v) is 14.7. The molecule has 1 aliphatic rings. The fourth-order valence-corrected chi connectivity index (χ4v) is 10.3. The molecular weight excluding hydrogens is 452 g/mol. The lowest BCUT2D eigenvalue weighted by Gasteiger charge is -2.43. The van der Waals surface area contributed by atoms with Crippen LogP contribution in [0.25, 0.3) is 0 Å². The van der Waals surface area contributed by atoms with Gasteiger partial charge in [-0.3, -0.25) is 9.59 Å². The van der Waals surface area contributed by atoms with Crippen molar-refractivity contribution in [1.82, 2.24) is 0 Å². The molecular formula is C30H40O4Si. The van der Waals surface area contributed by atoms with Crippen LogP contribution in [0.15, 0.2) is 73.3 Å². The van der Waals surface area contributed by atoms with E-state index in [2.05, 4.69) is 75.9 Å². The van der Waals surface area contributed by atoms with Crippen LogP contribution < -0.4 is 10.4 Å². The molecule has 0 aliphatic heterocycles. The maximum absolute atomic E-state index is 12.4. The van der Waals surface area contributed by atoms with Gasteiger partial charge in [-0.2, -0.15) is 0 Å². The quantitative estimate of drug-likeness (QED) is 0.181. The molecule has 0 spiro atoms. The summed E-state index contributed by atoms with van der Waals surface area (Å²) < 4.78 is 12.8. The molecule has 4 nitrogen and oxygen atoms in total. The van der Waals surface area contributed by atoms with Crippen LogP contribution >= 0.6 is 0 Å². The smallest absolute Gasteiger partial charge is 0.302 e. The van der Waals surface area contributed by atoms with Crippen LogP contribution in [0, 0.1) is 11.8 Å². The predicted molar refractivity (Wildman–Crippen MR) is 144 cm³/mol. The van der Waals surface area contributed by atoms with Crippen molar-refractivity contribution in [2.75, 3.05) is 6.61 Å². The van der Waals surface area contributed by atoms with Gasteiger partial charge < -0.3 is 9.16 Å². The summed E-state index contributed by atoms with van der Waals surface area (Å²) in [4.78, 5) is 24.3. The monoisotopic (exact) mass is 492 g/mol. The lowest BCUT2D eigenvalue weighted by Crippen LogP contribution is -2.66. The first-order valence-electron chi connectivity index (χ1n) is 12.8. The summed E-state index contributed by atoms with van der Waals surface area (Å²) >= 11 is 0. The first-order chi connectivity index (χ1) is 16.7. The van der Waals surface area contributed by atoms with E-state index in [0.29, 0.717) is 25.9 Å². The van der Waals surface area contributed by atoms with E-state index in [4.69, 9.17) is 9.16 Å². The fraction of sp³-hybridized carbons (Fsp3) is 0.467. The summed E-state index contributed by atoms with van der Waals surface area (Å²) in [6.45, 7) is 12.6. The molecule has 0 radical (unpaired) electrons. The standard InChI is InChI=1S/C30H40O4Si/c1-6-14-26-27(20-21-28(26)32)29(34-23(2)31)19-13-22-33-35(30(3,4)5,24-15-9-7-10-16-24)25-17-11-8-12-18-25/h6-12,15-18,26-27,29H,1,13-14,19-22H2,2-5H3/t26-,27+,29?/m1/s1. The Morgan fingerprint density at radius 2 is 1.66 bits per heavy atom. The van der Waals surface area contributed by atoms with Crippen LogP contribution in [0.5, 0.6) is 0 Å². The summed E-state index contributed by atoms with van der Waals surface area (Å²) in [5.74, 6) is -0.0815. The van der Waals surface area contributed by atoms with Gasteiger partial charge in [0.1, 0.15) is 11.9 Å². The predicted octanol–water partition coefficient (Wildman–Crippen LogP) is 5.45. The van der Waals surface area contributed by atoms with Gasteiger partial charge in [-0.1, -0.05) is 87.5 Å². The SMILES string of the molecule is C=CC[C@H]1C(=O)CC[C@@H]1C(CCCO[Si](c1ccccc1)(c1ccccc1)C(C)(C)C)OC(C)=O. The zero-order chi connectivity index (χ0) is 25.5. The number of esters is 1. The Bertz CT molecular complexity index is 941. The van der Waals surface area contributed by atoms with Gasteiger partial charge in [-0.25, -0.2) is 0 Å². The van der Waals surface area contributed by atoms with E-state index in [1.165, 1.54) is 17.3 Å².